The second kappa shape index (κ2) is 13.2. The van der Waals surface area contributed by atoms with Gasteiger partial charge in [-0.2, -0.15) is 10.5 Å². The average Bonchev–Trinajstić information content (AvgIpc) is 2.35. The molecule has 0 aliphatic heterocycles. The third-order valence-corrected chi connectivity index (χ3v) is 1.44. The van der Waals surface area contributed by atoms with Crippen molar-refractivity contribution in [3.8, 4) is 0 Å². The number of aliphatic hydroxyl groups excluding tert-OH is 2. The molecule has 21 heavy (non-hydrogen) atoms. The molecule has 1 radical (unpaired) electrons. The van der Waals surface area contributed by atoms with E-state index < -0.39 is 48.9 Å². The van der Waals surface area contributed by atoms with Crippen molar-refractivity contribution in [3.05, 3.63) is 0 Å². The minimum Gasteiger partial charge on any atom is -0.550 e. The van der Waals surface area contributed by atoms with Gasteiger partial charge in [-0.25, -0.2) is 9.59 Å². The molecule has 0 saturated carbocycles. The van der Waals surface area contributed by atoms with E-state index in [9.17, 15) is 29.4 Å². The maximum atomic E-state index is 10.0. The number of carbonyl (C=O) groups is 4. The van der Waals surface area contributed by atoms with Crippen molar-refractivity contribution < 1.29 is 77.0 Å². The first-order valence-electron chi connectivity index (χ1n) is 4.62. The Bertz CT molecular complexity index is 321. The summed E-state index contributed by atoms with van der Waals surface area (Å²) in [5, 5.41) is 51.4. The fourth-order valence-corrected chi connectivity index (χ4v) is 0.604. The SMILES string of the molecule is O=C([O-])CC(O)C(=O)OO.O=C([O-])CC(O)C(=O)OO.[Mn+2]. The Hall–Kier alpha value is -1.76. The minimum absolute atomic E-state index is 0. The quantitative estimate of drug-likeness (QED) is 0.201. The first-order valence-corrected chi connectivity index (χ1v) is 4.62. The van der Waals surface area contributed by atoms with Gasteiger partial charge in [-0.3, -0.25) is 9.78 Å². The summed E-state index contributed by atoms with van der Waals surface area (Å²) in [7, 11) is 0. The molecule has 0 bridgehead atoms. The minimum atomic E-state index is -1.87. The van der Waals surface area contributed by atoms with Crippen LogP contribution < -0.4 is 10.2 Å². The number of rotatable bonds is 6. The van der Waals surface area contributed by atoms with Crippen LogP contribution in [0, 0.1) is 0 Å². The Morgan fingerprint density at radius 3 is 1.19 bits per heavy atom. The summed E-state index contributed by atoms with van der Waals surface area (Å²) >= 11 is 0. The fraction of sp³-hybridized carbons (Fsp3) is 0.500. The molecule has 0 aliphatic carbocycles. The van der Waals surface area contributed by atoms with Gasteiger partial charge in [0.15, 0.2) is 12.2 Å². The zero-order chi connectivity index (χ0) is 16.3. The molecule has 121 valence electrons. The number of carboxylic acids is 2. The van der Waals surface area contributed by atoms with Crippen LogP contribution in [0.25, 0.3) is 0 Å². The molecule has 2 unspecified atom stereocenters. The molecule has 0 fully saturated rings. The monoisotopic (exact) mass is 353 g/mol. The second-order valence-corrected chi connectivity index (χ2v) is 3.00. The number of aliphatic hydroxyl groups is 2. The molecule has 0 spiro atoms. The Labute approximate surface area is 126 Å². The van der Waals surface area contributed by atoms with Gasteiger partial charge in [-0.1, -0.05) is 0 Å². The van der Waals surface area contributed by atoms with Crippen LogP contribution >= 0.6 is 0 Å². The van der Waals surface area contributed by atoms with Crippen LogP contribution in [0.4, 0.5) is 0 Å². The van der Waals surface area contributed by atoms with Crippen LogP contribution in [0.3, 0.4) is 0 Å². The van der Waals surface area contributed by atoms with E-state index in [1.807, 2.05) is 0 Å². The second-order valence-electron chi connectivity index (χ2n) is 3.00. The van der Waals surface area contributed by atoms with Crippen molar-refractivity contribution in [1.82, 2.24) is 0 Å². The molecule has 0 heterocycles. The molecule has 0 aliphatic rings. The number of carbonyl (C=O) groups excluding carboxylic acids is 4. The normalized spacial score (nSPS) is 11.6. The van der Waals surface area contributed by atoms with Crippen LogP contribution in [-0.2, 0) is 46.0 Å². The van der Waals surface area contributed by atoms with Gasteiger partial charge in [-0.15, -0.1) is 0 Å². The summed E-state index contributed by atoms with van der Waals surface area (Å²) in [5.41, 5.74) is 0. The van der Waals surface area contributed by atoms with Crippen LogP contribution in [0.15, 0.2) is 0 Å². The van der Waals surface area contributed by atoms with Crippen molar-refractivity contribution >= 4 is 23.9 Å². The standard InChI is InChI=1S/2C4H6O6.Mn/c2*5-2(1-3(6)7)4(8)10-9;/h2*2,5,9H,1H2,(H,6,7);/q;;+2/p-2. The molecule has 2 atom stereocenters. The zero-order valence-electron chi connectivity index (χ0n) is 10.0. The van der Waals surface area contributed by atoms with E-state index in [2.05, 4.69) is 9.78 Å². The van der Waals surface area contributed by atoms with Crippen molar-refractivity contribution in [3.63, 3.8) is 0 Å². The van der Waals surface area contributed by atoms with Gasteiger partial charge in [0.1, 0.15) is 0 Å². The maximum Gasteiger partial charge on any atom is 2.00 e. The average molecular weight is 353 g/mol. The van der Waals surface area contributed by atoms with Gasteiger partial charge < -0.3 is 30.0 Å². The Kier molecular flexibility index (Phi) is 15.3. The van der Waals surface area contributed by atoms with Crippen LogP contribution in [-0.4, -0.2) is 56.8 Å². The van der Waals surface area contributed by atoms with Gasteiger partial charge in [0.05, 0.1) is 0 Å². The molecule has 0 saturated heterocycles. The zero-order valence-corrected chi connectivity index (χ0v) is 11.2. The van der Waals surface area contributed by atoms with Gasteiger partial charge in [0.2, 0.25) is 0 Å². The molecule has 0 amide bonds. The number of hydrogen-bond donors (Lipinski definition) is 4. The van der Waals surface area contributed by atoms with E-state index in [-0.39, 0.29) is 17.1 Å². The van der Waals surface area contributed by atoms with Crippen LogP contribution in [0.1, 0.15) is 12.8 Å². The molecule has 12 nitrogen and oxygen atoms in total. The summed E-state index contributed by atoms with van der Waals surface area (Å²) in [6.07, 6.45) is -5.51. The molecule has 0 aromatic carbocycles. The van der Waals surface area contributed by atoms with Crippen LogP contribution in [0.5, 0.6) is 0 Å². The van der Waals surface area contributed by atoms with Gasteiger partial charge in [-0.05, 0) is 0 Å². The Morgan fingerprint density at radius 1 is 0.810 bits per heavy atom. The first-order chi connectivity index (χ1) is 9.15. The van der Waals surface area contributed by atoms with Gasteiger partial charge in [0.25, 0.3) is 0 Å². The summed E-state index contributed by atoms with van der Waals surface area (Å²) in [4.78, 5) is 45.5. The number of hydrogen-bond acceptors (Lipinski definition) is 12. The topological polar surface area (TPSA) is 214 Å². The van der Waals surface area contributed by atoms with E-state index in [0.29, 0.717) is 0 Å². The van der Waals surface area contributed by atoms with Gasteiger partial charge >= 0.3 is 29.0 Å². The van der Waals surface area contributed by atoms with Crippen molar-refractivity contribution in [2.45, 2.75) is 25.0 Å². The Balaban J connectivity index is -0.000000295. The smallest absolute Gasteiger partial charge is 0.550 e. The van der Waals surface area contributed by atoms with Crippen molar-refractivity contribution in [2.75, 3.05) is 0 Å². The Morgan fingerprint density at radius 2 is 1.05 bits per heavy atom. The molecule has 13 heteroatoms. The molecule has 0 rings (SSSR count). The van der Waals surface area contributed by atoms with E-state index in [1.54, 1.807) is 0 Å². The van der Waals surface area contributed by atoms with Crippen molar-refractivity contribution in [2.24, 2.45) is 0 Å². The number of aliphatic carboxylic acids is 2. The fourth-order valence-electron chi connectivity index (χ4n) is 0.604. The molecule has 0 aromatic rings. The van der Waals surface area contributed by atoms with Crippen molar-refractivity contribution in [1.29, 1.82) is 0 Å². The predicted octanol–water partition coefficient (Wildman–Crippen LogP) is -5.00. The third-order valence-electron chi connectivity index (χ3n) is 1.44. The summed E-state index contributed by atoms with van der Waals surface area (Å²) in [6, 6.07) is 0. The molecule has 4 N–H and O–H groups in total. The molecule has 0 aromatic heterocycles. The summed E-state index contributed by atoms with van der Waals surface area (Å²) < 4.78 is 0. The van der Waals surface area contributed by atoms with E-state index >= 15 is 0 Å². The summed E-state index contributed by atoms with van der Waals surface area (Å²) in [6.45, 7) is 0. The van der Waals surface area contributed by atoms with E-state index in [1.165, 1.54) is 0 Å². The largest absolute Gasteiger partial charge is 2.00 e. The van der Waals surface area contributed by atoms with Crippen LogP contribution in [0.2, 0.25) is 0 Å². The first kappa shape index (κ1) is 24.3. The summed E-state index contributed by atoms with van der Waals surface area (Å²) in [5.74, 6) is -6.02. The predicted molar refractivity (Wildman–Crippen MR) is 48.7 cm³/mol. The van der Waals surface area contributed by atoms with E-state index in [0.717, 1.165) is 0 Å². The van der Waals surface area contributed by atoms with Gasteiger partial charge in [0, 0.05) is 24.8 Å². The third kappa shape index (κ3) is 14.5. The number of carboxylic acid groups (broad SMARTS) is 2. The maximum absolute atomic E-state index is 10.0. The molecular weight excluding hydrogens is 343 g/mol. The van der Waals surface area contributed by atoms with E-state index in [4.69, 9.17) is 20.7 Å². The molecular formula is C8H10MnO12.